The lowest BCUT2D eigenvalue weighted by Gasteiger charge is -2.29. The molecule has 1 fully saturated rings. The Kier molecular flexibility index (Phi) is 3.62. The van der Waals surface area contributed by atoms with Gasteiger partial charge in [0.05, 0.1) is 10.6 Å². The number of thiophene rings is 1. The molecular formula is C16H21N3O2S2. The van der Waals surface area contributed by atoms with Gasteiger partial charge in [-0.3, -0.25) is 5.10 Å². The maximum Gasteiger partial charge on any atom is 0.244 e. The van der Waals surface area contributed by atoms with E-state index < -0.39 is 10.0 Å². The van der Waals surface area contributed by atoms with Gasteiger partial charge in [0, 0.05) is 46.4 Å². The highest BCUT2D eigenvalue weighted by Crippen LogP contribution is 2.39. The molecule has 0 atom stereocenters. The van der Waals surface area contributed by atoms with Crippen LogP contribution in [0.25, 0.3) is 0 Å². The van der Waals surface area contributed by atoms with Gasteiger partial charge in [0.2, 0.25) is 10.0 Å². The topological polar surface area (TPSA) is 66.1 Å². The van der Waals surface area contributed by atoms with Crippen molar-refractivity contribution in [3.8, 4) is 0 Å². The third-order valence-electron chi connectivity index (χ3n) is 5.04. The van der Waals surface area contributed by atoms with Crippen molar-refractivity contribution in [3.05, 3.63) is 32.8 Å². The molecular weight excluding hydrogens is 330 g/mol. The Labute approximate surface area is 140 Å². The zero-order valence-electron chi connectivity index (χ0n) is 13.4. The molecule has 0 spiro atoms. The highest BCUT2D eigenvalue weighted by molar-refractivity contribution is 7.89. The molecule has 0 amide bonds. The van der Waals surface area contributed by atoms with Crippen LogP contribution in [0.3, 0.4) is 0 Å². The van der Waals surface area contributed by atoms with Gasteiger partial charge in [0.15, 0.2) is 0 Å². The van der Waals surface area contributed by atoms with Gasteiger partial charge in [-0.2, -0.15) is 9.40 Å². The summed E-state index contributed by atoms with van der Waals surface area (Å²) in [4.78, 5) is 2.38. The number of aryl methyl sites for hydroxylation is 2. The lowest BCUT2D eigenvalue weighted by Crippen LogP contribution is -2.36. The summed E-state index contributed by atoms with van der Waals surface area (Å²) in [6.45, 7) is 4.82. The molecule has 1 aliphatic heterocycles. The highest BCUT2D eigenvalue weighted by Gasteiger charge is 2.35. The van der Waals surface area contributed by atoms with Gasteiger partial charge in [-0.15, -0.1) is 11.3 Å². The lowest BCUT2D eigenvalue weighted by molar-refractivity contribution is 0.375. The molecule has 124 valence electrons. The molecule has 2 aliphatic rings. The Balaban J connectivity index is 1.67. The molecule has 2 aromatic heterocycles. The van der Waals surface area contributed by atoms with E-state index in [1.54, 1.807) is 21.7 Å². The van der Waals surface area contributed by atoms with Gasteiger partial charge < -0.3 is 0 Å². The van der Waals surface area contributed by atoms with Crippen LogP contribution in [0.4, 0.5) is 0 Å². The zero-order chi connectivity index (χ0) is 16.2. The van der Waals surface area contributed by atoms with E-state index in [9.17, 15) is 8.42 Å². The van der Waals surface area contributed by atoms with Crippen LogP contribution in [0.1, 0.15) is 51.9 Å². The predicted molar refractivity (Wildman–Crippen MR) is 90.3 cm³/mol. The van der Waals surface area contributed by atoms with Crippen LogP contribution >= 0.6 is 11.3 Å². The molecule has 7 heteroatoms. The summed E-state index contributed by atoms with van der Waals surface area (Å²) in [6, 6.07) is 1.80. The van der Waals surface area contributed by atoms with Gasteiger partial charge in [0.1, 0.15) is 0 Å². The van der Waals surface area contributed by atoms with E-state index >= 15 is 0 Å². The van der Waals surface area contributed by atoms with Gasteiger partial charge in [0.25, 0.3) is 0 Å². The number of nitrogens with one attached hydrogen (secondary N) is 1. The number of fused-ring (bicyclic) bond motifs is 1. The van der Waals surface area contributed by atoms with Crippen molar-refractivity contribution < 1.29 is 8.42 Å². The first-order valence-corrected chi connectivity index (χ1v) is 10.4. The molecule has 2 aromatic rings. The molecule has 1 N–H and O–H groups in total. The summed E-state index contributed by atoms with van der Waals surface area (Å²) in [5.41, 5.74) is 3.34. The van der Waals surface area contributed by atoms with Gasteiger partial charge in [-0.1, -0.05) is 6.42 Å². The van der Waals surface area contributed by atoms with Crippen molar-refractivity contribution in [1.82, 2.24) is 14.5 Å². The third kappa shape index (κ3) is 2.45. The SMILES string of the molecule is Cc1cc(S(=O)(=O)N2CCc3[nH]nc(C4CCC4)c3C2)c(C)s1. The molecule has 5 nitrogen and oxygen atoms in total. The van der Waals surface area contributed by atoms with Crippen LogP contribution in [0.2, 0.25) is 0 Å². The van der Waals surface area contributed by atoms with Crippen molar-refractivity contribution in [2.75, 3.05) is 6.54 Å². The molecule has 0 bridgehead atoms. The fraction of sp³-hybridized carbons (Fsp3) is 0.562. The van der Waals surface area contributed by atoms with Crippen LogP contribution < -0.4 is 0 Å². The van der Waals surface area contributed by atoms with Crippen LogP contribution in [-0.2, 0) is 23.0 Å². The fourth-order valence-corrected chi connectivity index (χ4v) is 6.45. The second-order valence-electron chi connectivity index (χ2n) is 6.56. The van der Waals surface area contributed by atoms with Crippen molar-refractivity contribution in [3.63, 3.8) is 0 Å². The summed E-state index contributed by atoms with van der Waals surface area (Å²) in [5.74, 6) is 0.516. The van der Waals surface area contributed by atoms with Crippen LogP contribution in [0.5, 0.6) is 0 Å². The second-order valence-corrected chi connectivity index (χ2v) is 9.93. The van der Waals surface area contributed by atoms with E-state index in [2.05, 4.69) is 10.2 Å². The number of sulfonamides is 1. The largest absolute Gasteiger partial charge is 0.282 e. The molecule has 0 saturated heterocycles. The average molecular weight is 351 g/mol. The molecule has 1 saturated carbocycles. The Hall–Kier alpha value is -1.18. The maximum atomic E-state index is 13.0. The number of hydrogen-bond donors (Lipinski definition) is 1. The smallest absolute Gasteiger partial charge is 0.244 e. The standard InChI is InChI=1S/C16H21N3O2S2/c1-10-8-15(11(2)22-10)23(20,21)19-7-6-14-13(9-19)16(18-17-14)12-4-3-5-12/h8,12H,3-7,9H2,1-2H3,(H,17,18). The van der Waals surface area contributed by atoms with E-state index in [0.29, 0.717) is 23.9 Å². The molecule has 1 aliphatic carbocycles. The number of hydrogen-bond acceptors (Lipinski definition) is 4. The Morgan fingerprint density at radius 2 is 2.13 bits per heavy atom. The first kappa shape index (κ1) is 15.4. The van der Waals surface area contributed by atoms with E-state index in [1.807, 2.05) is 13.8 Å². The van der Waals surface area contributed by atoms with Crippen molar-refractivity contribution in [2.24, 2.45) is 0 Å². The number of H-pyrrole nitrogens is 1. The summed E-state index contributed by atoms with van der Waals surface area (Å²) < 4.78 is 27.7. The van der Waals surface area contributed by atoms with Gasteiger partial charge >= 0.3 is 0 Å². The first-order chi connectivity index (χ1) is 11.0. The van der Waals surface area contributed by atoms with Crippen LogP contribution in [-0.4, -0.2) is 29.5 Å². The monoisotopic (exact) mass is 351 g/mol. The third-order valence-corrected chi connectivity index (χ3v) is 8.10. The highest BCUT2D eigenvalue weighted by atomic mass is 32.2. The van der Waals surface area contributed by atoms with Crippen molar-refractivity contribution in [1.29, 1.82) is 0 Å². The average Bonchev–Trinajstić information content (AvgIpc) is 3.01. The summed E-state index contributed by atoms with van der Waals surface area (Å²) in [6.07, 6.45) is 4.32. The molecule has 0 unspecified atom stereocenters. The maximum absolute atomic E-state index is 13.0. The molecule has 0 aromatic carbocycles. The van der Waals surface area contributed by atoms with Gasteiger partial charge in [-0.05, 0) is 32.8 Å². The Morgan fingerprint density at radius 3 is 2.74 bits per heavy atom. The minimum absolute atomic E-state index is 0.453. The summed E-state index contributed by atoms with van der Waals surface area (Å²) >= 11 is 1.54. The zero-order valence-corrected chi connectivity index (χ0v) is 15.1. The van der Waals surface area contributed by atoms with Crippen molar-refractivity contribution >= 4 is 21.4 Å². The van der Waals surface area contributed by atoms with E-state index in [4.69, 9.17) is 0 Å². The fourth-order valence-electron chi connectivity index (χ4n) is 3.52. The van der Waals surface area contributed by atoms with Crippen LogP contribution in [0, 0.1) is 13.8 Å². The number of aromatic nitrogens is 2. The number of aromatic amines is 1. The minimum atomic E-state index is -3.42. The Bertz CT molecular complexity index is 847. The summed E-state index contributed by atoms with van der Waals surface area (Å²) in [7, 11) is -3.42. The van der Waals surface area contributed by atoms with Crippen LogP contribution in [0.15, 0.2) is 11.0 Å². The van der Waals surface area contributed by atoms with Gasteiger partial charge in [-0.25, -0.2) is 8.42 Å². The number of rotatable bonds is 3. The second kappa shape index (κ2) is 5.43. The Morgan fingerprint density at radius 1 is 1.35 bits per heavy atom. The molecule has 3 heterocycles. The normalized spacial score (nSPS) is 19.6. The molecule has 23 heavy (non-hydrogen) atoms. The van der Waals surface area contributed by atoms with E-state index in [-0.39, 0.29) is 0 Å². The minimum Gasteiger partial charge on any atom is -0.282 e. The first-order valence-electron chi connectivity index (χ1n) is 8.10. The lowest BCUT2D eigenvalue weighted by atomic mass is 9.81. The summed E-state index contributed by atoms with van der Waals surface area (Å²) in [5, 5.41) is 7.62. The van der Waals surface area contributed by atoms with Crippen molar-refractivity contribution in [2.45, 2.75) is 56.9 Å². The number of nitrogens with zero attached hydrogens (tertiary/aromatic N) is 2. The van der Waals surface area contributed by atoms with E-state index in [1.165, 1.54) is 19.3 Å². The molecule has 0 radical (unpaired) electrons. The molecule has 4 rings (SSSR count). The van der Waals surface area contributed by atoms with E-state index in [0.717, 1.165) is 33.1 Å². The quantitative estimate of drug-likeness (QED) is 0.924. The predicted octanol–water partition coefficient (Wildman–Crippen LogP) is 3.10.